The molecule has 0 aliphatic rings. The van der Waals surface area contributed by atoms with Crippen molar-refractivity contribution >= 4 is 11.7 Å². The summed E-state index contributed by atoms with van der Waals surface area (Å²) in [7, 11) is 1.38. The van der Waals surface area contributed by atoms with Gasteiger partial charge in [0.2, 0.25) is 0 Å². The first-order valence-electron chi connectivity index (χ1n) is 5.40. The molecule has 0 atom stereocenters. The molecule has 1 aromatic rings. The van der Waals surface area contributed by atoms with Crippen LogP contribution in [0.25, 0.3) is 0 Å². The number of carbonyl (C=O) groups is 1. The summed E-state index contributed by atoms with van der Waals surface area (Å²) in [5.74, 6) is -0.314. The Bertz CT molecular complexity index is 340. The molecule has 0 aliphatic carbocycles. The number of carbonyl (C=O) groups excluding carboxylic acids is 1. The zero-order valence-corrected chi connectivity index (χ0v) is 9.53. The van der Waals surface area contributed by atoms with E-state index in [0.717, 1.165) is 25.1 Å². The number of methoxy groups -OCH3 is 1. The Labute approximate surface area is 95.8 Å². The molecule has 0 saturated carbocycles. The lowest BCUT2D eigenvalue weighted by Crippen LogP contribution is -2.07. The molecular weight excluding hydrogens is 204 g/mol. The highest BCUT2D eigenvalue weighted by atomic mass is 16.5. The van der Waals surface area contributed by atoms with Crippen LogP contribution >= 0.6 is 0 Å². The number of nitrogens with one attached hydrogen (secondary N) is 1. The van der Waals surface area contributed by atoms with E-state index in [-0.39, 0.29) is 5.97 Å². The van der Waals surface area contributed by atoms with Crippen LogP contribution in [-0.4, -0.2) is 26.2 Å². The number of esters is 1. The minimum atomic E-state index is -0.314. The molecule has 1 rings (SSSR count). The van der Waals surface area contributed by atoms with E-state index < -0.39 is 0 Å². The maximum atomic E-state index is 11.3. The minimum Gasteiger partial charge on any atom is -0.465 e. The van der Waals surface area contributed by atoms with Crippen LogP contribution in [0.5, 0.6) is 0 Å². The Kier molecular flexibility index (Phi) is 5.36. The highest BCUT2D eigenvalue weighted by Gasteiger charge is 2.04. The molecule has 0 radical (unpaired) electrons. The SMILES string of the molecule is COC(=O)c1cccc(NCCCCN)c1. The van der Waals surface area contributed by atoms with E-state index in [1.807, 2.05) is 12.1 Å². The van der Waals surface area contributed by atoms with Gasteiger partial charge in [-0.3, -0.25) is 0 Å². The molecule has 0 amide bonds. The van der Waals surface area contributed by atoms with Gasteiger partial charge in [-0.2, -0.15) is 0 Å². The largest absolute Gasteiger partial charge is 0.465 e. The lowest BCUT2D eigenvalue weighted by Gasteiger charge is -2.07. The van der Waals surface area contributed by atoms with Gasteiger partial charge < -0.3 is 15.8 Å². The van der Waals surface area contributed by atoms with E-state index in [4.69, 9.17) is 5.73 Å². The van der Waals surface area contributed by atoms with Crippen molar-refractivity contribution in [3.8, 4) is 0 Å². The summed E-state index contributed by atoms with van der Waals surface area (Å²) in [6.45, 7) is 1.58. The van der Waals surface area contributed by atoms with Crippen molar-refractivity contribution in [3.05, 3.63) is 29.8 Å². The zero-order valence-electron chi connectivity index (χ0n) is 9.53. The van der Waals surface area contributed by atoms with Gasteiger partial charge in [0.15, 0.2) is 0 Å². The summed E-state index contributed by atoms with van der Waals surface area (Å²) >= 11 is 0. The Morgan fingerprint density at radius 1 is 1.44 bits per heavy atom. The number of hydrogen-bond donors (Lipinski definition) is 2. The van der Waals surface area contributed by atoms with Gasteiger partial charge in [-0.1, -0.05) is 6.07 Å². The summed E-state index contributed by atoms with van der Waals surface area (Å²) in [5.41, 5.74) is 6.89. The fourth-order valence-electron chi connectivity index (χ4n) is 1.38. The number of rotatable bonds is 6. The molecule has 0 unspecified atom stereocenters. The molecule has 1 aromatic carbocycles. The highest BCUT2D eigenvalue weighted by Crippen LogP contribution is 2.11. The number of benzene rings is 1. The molecule has 88 valence electrons. The van der Waals surface area contributed by atoms with Gasteiger partial charge in [-0.15, -0.1) is 0 Å². The number of ether oxygens (including phenoxy) is 1. The first-order valence-corrected chi connectivity index (χ1v) is 5.40. The first kappa shape index (κ1) is 12.5. The van der Waals surface area contributed by atoms with Crippen molar-refractivity contribution in [3.63, 3.8) is 0 Å². The average Bonchev–Trinajstić information content (AvgIpc) is 2.34. The third-order valence-electron chi connectivity index (χ3n) is 2.24. The monoisotopic (exact) mass is 222 g/mol. The lowest BCUT2D eigenvalue weighted by atomic mass is 10.2. The van der Waals surface area contributed by atoms with Crippen molar-refractivity contribution in [2.45, 2.75) is 12.8 Å². The molecule has 0 aliphatic heterocycles. The van der Waals surface area contributed by atoms with Crippen molar-refractivity contribution in [1.29, 1.82) is 0 Å². The van der Waals surface area contributed by atoms with Crippen molar-refractivity contribution in [1.82, 2.24) is 0 Å². The average molecular weight is 222 g/mol. The van der Waals surface area contributed by atoms with Crippen LogP contribution in [-0.2, 0) is 4.74 Å². The third-order valence-corrected chi connectivity index (χ3v) is 2.24. The second kappa shape index (κ2) is 6.85. The number of unbranched alkanes of at least 4 members (excludes halogenated alkanes) is 1. The molecule has 0 fully saturated rings. The Morgan fingerprint density at radius 3 is 2.94 bits per heavy atom. The van der Waals surface area contributed by atoms with E-state index in [1.165, 1.54) is 7.11 Å². The number of hydrogen-bond acceptors (Lipinski definition) is 4. The topological polar surface area (TPSA) is 64.3 Å². The zero-order chi connectivity index (χ0) is 11.8. The van der Waals surface area contributed by atoms with Gasteiger partial charge in [-0.05, 0) is 37.6 Å². The van der Waals surface area contributed by atoms with Crippen LogP contribution in [0.2, 0.25) is 0 Å². The van der Waals surface area contributed by atoms with Crippen LogP contribution < -0.4 is 11.1 Å². The normalized spacial score (nSPS) is 9.88. The Hall–Kier alpha value is -1.55. The fourth-order valence-corrected chi connectivity index (χ4v) is 1.38. The molecule has 4 heteroatoms. The second-order valence-corrected chi connectivity index (χ2v) is 3.49. The van der Waals surface area contributed by atoms with Crippen LogP contribution in [0.3, 0.4) is 0 Å². The van der Waals surface area contributed by atoms with Gasteiger partial charge in [0.25, 0.3) is 0 Å². The maximum Gasteiger partial charge on any atom is 0.337 e. The molecule has 0 aromatic heterocycles. The second-order valence-electron chi connectivity index (χ2n) is 3.49. The predicted molar refractivity (Wildman–Crippen MR) is 64.6 cm³/mol. The number of anilines is 1. The summed E-state index contributed by atoms with van der Waals surface area (Å²) in [6.07, 6.45) is 2.03. The first-order chi connectivity index (χ1) is 7.77. The Balaban J connectivity index is 2.50. The van der Waals surface area contributed by atoms with Crippen molar-refractivity contribution in [2.75, 3.05) is 25.5 Å². The van der Waals surface area contributed by atoms with E-state index in [9.17, 15) is 4.79 Å². The molecule has 0 saturated heterocycles. The van der Waals surface area contributed by atoms with Gasteiger partial charge in [0.1, 0.15) is 0 Å². The third kappa shape index (κ3) is 3.90. The van der Waals surface area contributed by atoms with Crippen molar-refractivity contribution < 1.29 is 9.53 Å². The molecule has 0 bridgehead atoms. The van der Waals surface area contributed by atoms with Crippen LogP contribution in [0.1, 0.15) is 23.2 Å². The van der Waals surface area contributed by atoms with Crippen molar-refractivity contribution in [2.24, 2.45) is 5.73 Å². The molecule has 0 heterocycles. The molecular formula is C12H18N2O2. The van der Waals surface area contributed by atoms with E-state index in [1.54, 1.807) is 12.1 Å². The molecule has 4 nitrogen and oxygen atoms in total. The summed E-state index contributed by atoms with van der Waals surface area (Å²) in [4.78, 5) is 11.3. The van der Waals surface area contributed by atoms with Gasteiger partial charge in [0, 0.05) is 12.2 Å². The fraction of sp³-hybridized carbons (Fsp3) is 0.417. The van der Waals surface area contributed by atoms with E-state index in [2.05, 4.69) is 10.1 Å². The summed E-state index contributed by atoms with van der Waals surface area (Å²) in [5, 5.41) is 3.24. The standard InChI is InChI=1S/C12H18N2O2/c1-16-12(15)10-5-4-6-11(9-10)14-8-3-2-7-13/h4-6,9,14H,2-3,7-8,13H2,1H3. The summed E-state index contributed by atoms with van der Waals surface area (Å²) in [6, 6.07) is 7.28. The van der Waals surface area contributed by atoms with Crippen LogP contribution in [0, 0.1) is 0 Å². The number of nitrogens with two attached hydrogens (primary N) is 1. The van der Waals surface area contributed by atoms with Gasteiger partial charge >= 0.3 is 5.97 Å². The van der Waals surface area contributed by atoms with Crippen LogP contribution in [0.15, 0.2) is 24.3 Å². The highest BCUT2D eigenvalue weighted by molar-refractivity contribution is 5.90. The predicted octanol–water partition coefficient (Wildman–Crippen LogP) is 1.62. The van der Waals surface area contributed by atoms with E-state index >= 15 is 0 Å². The summed E-state index contributed by atoms with van der Waals surface area (Å²) < 4.78 is 4.65. The molecule has 3 N–H and O–H groups in total. The Morgan fingerprint density at radius 2 is 2.25 bits per heavy atom. The smallest absolute Gasteiger partial charge is 0.337 e. The molecule has 16 heavy (non-hydrogen) atoms. The maximum absolute atomic E-state index is 11.3. The van der Waals surface area contributed by atoms with E-state index in [0.29, 0.717) is 12.1 Å². The van der Waals surface area contributed by atoms with Gasteiger partial charge in [-0.25, -0.2) is 4.79 Å². The molecule has 0 spiro atoms. The van der Waals surface area contributed by atoms with Gasteiger partial charge in [0.05, 0.1) is 12.7 Å². The minimum absolute atomic E-state index is 0.314. The quantitative estimate of drug-likeness (QED) is 0.567. The van der Waals surface area contributed by atoms with Crippen LogP contribution in [0.4, 0.5) is 5.69 Å². The lowest BCUT2D eigenvalue weighted by molar-refractivity contribution is 0.0601.